The molecule has 4 rings (SSSR count). The van der Waals surface area contributed by atoms with Crippen molar-refractivity contribution in [3.63, 3.8) is 0 Å². The minimum atomic E-state index is -0.579. The first-order chi connectivity index (χ1) is 17.3. The van der Waals surface area contributed by atoms with E-state index in [2.05, 4.69) is 95.1 Å². The fraction of sp³-hybridized carbons (Fsp3) is 0.188. The molecule has 3 nitrogen and oxygen atoms in total. The van der Waals surface area contributed by atoms with Gasteiger partial charge in [0.2, 0.25) is 0 Å². The number of aliphatic imine (C=N–C) groups is 1. The second kappa shape index (κ2) is 14.3. The number of rotatable bonds is 7. The second-order valence-electron chi connectivity index (χ2n) is 7.17. The van der Waals surface area contributed by atoms with Crippen molar-refractivity contribution < 1.29 is 0 Å². The molecule has 180 valence electrons. The summed E-state index contributed by atoms with van der Waals surface area (Å²) in [7, 11) is 0. The molecule has 1 aromatic heterocycles. The monoisotopic (exact) mass is 463 g/mol. The van der Waals surface area contributed by atoms with Crippen molar-refractivity contribution >= 4 is 5.71 Å². The van der Waals surface area contributed by atoms with Crippen LogP contribution >= 0.6 is 0 Å². The average Bonchev–Trinajstić information content (AvgIpc) is 3.44. The zero-order valence-electron chi connectivity index (χ0n) is 21.6. The number of aromatic nitrogens is 2. The summed E-state index contributed by atoms with van der Waals surface area (Å²) in [5.41, 5.74) is 4.47. The highest BCUT2D eigenvalue weighted by atomic mass is 15.1. The normalized spacial score (nSPS) is 11.2. The average molecular weight is 464 g/mol. The van der Waals surface area contributed by atoms with Crippen LogP contribution in [0, 0.1) is 0 Å². The molecule has 1 heterocycles. The molecule has 0 atom stereocenters. The summed E-state index contributed by atoms with van der Waals surface area (Å²) in [4.78, 5) is 9.15. The van der Waals surface area contributed by atoms with E-state index in [1.807, 2.05) is 71.3 Å². The van der Waals surface area contributed by atoms with E-state index in [0.717, 1.165) is 28.1 Å². The number of hydrogen-bond donors (Lipinski definition) is 0. The first kappa shape index (κ1) is 27.3. The number of allylic oxidation sites excluding steroid dienone is 2. The van der Waals surface area contributed by atoms with Crippen molar-refractivity contribution in [2.45, 2.75) is 40.2 Å². The van der Waals surface area contributed by atoms with Gasteiger partial charge in [-0.05, 0) is 29.7 Å². The van der Waals surface area contributed by atoms with Gasteiger partial charge < -0.3 is 4.57 Å². The van der Waals surface area contributed by atoms with E-state index in [0.29, 0.717) is 0 Å². The van der Waals surface area contributed by atoms with Crippen molar-refractivity contribution in [3.05, 3.63) is 151 Å². The highest BCUT2D eigenvalue weighted by molar-refractivity contribution is 6.07. The minimum Gasteiger partial charge on any atom is -0.318 e. The Morgan fingerprint density at radius 2 is 1.20 bits per heavy atom. The lowest BCUT2D eigenvalue weighted by Gasteiger charge is -2.37. The van der Waals surface area contributed by atoms with Gasteiger partial charge in [-0.1, -0.05) is 131 Å². The van der Waals surface area contributed by atoms with Crippen LogP contribution in [-0.2, 0) is 5.54 Å². The zero-order chi connectivity index (χ0) is 25.5. The van der Waals surface area contributed by atoms with Gasteiger partial charge in [-0.2, -0.15) is 0 Å². The Bertz CT molecular complexity index is 1090. The molecule has 0 aliphatic rings. The largest absolute Gasteiger partial charge is 0.318 e. The predicted octanol–water partition coefficient (Wildman–Crippen LogP) is 8.28. The smallest absolute Gasteiger partial charge is 0.121 e. The zero-order valence-corrected chi connectivity index (χ0v) is 21.6. The van der Waals surface area contributed by atoms with E-state index in [-0.39, 0.29) is 0 Å². The molecular formula is C32H37N3. The minimum absolute atomic E-state index is 0.579. The summed E-state index contributed by atoms with van der Waals surface area (Å²) >= 11 is 0. The van der Waals surface area contributed by atoms with E-state index in [9.17, 15) is 0 Å². The molecular weight excluding hydrogens is 426 g/mol. The Balaban J connectivity index is 0.00000103. The number of nitrogens with zero attached hydrogens (tertiary/aromatic N) is 3. The topological polar surface area (TPSA) is 30.2 Å². The lowest BCUT2D eigenvalue weighted by molar-refractivity contribution is 0.514. The molecule has 0 amide bonds. The van der Waals surface area contributed by atoms with Crippen molar-refractivity contribution in [1.29, 1.82) is 0 Å². The third-order valence-corrected chi connectivity index (χ3v) is 5.36. The van der Waals surface area contributed by atoms with E-state index >= 15 is 0 Å². The fourth-order valence-electron chi connectivity index (χ4n) is 4.07. The highest BCUT2D eigenvalue weighted by Crippen LogP contribution is 2.40. The molecule has 4 aromatic rings. The van der Waals surface area contributed by atoms with Crippen molar-refractivity contribution in [2.24, 2.45) is 4.99 Å². The van der Waals surface area contributed by atoms with Gasteiger partial charge in [0.15, 0.2) is 0 Å². The van der Waals surface area contributed by atoms with Crippen molar-refractivity contribution in [3.8, 4) is 0 Å². The van der Waals surface area contributed by atoms with Crippen molar-refractivity contribution in [1.82, 2.24) is 9.55 Å². The standard InChI is InChI=1S/C28H25N3.2C2H6/c1-3-14-26(29-4-2)27-21-31(22-30-27)28(23-15-8-5-9-16-23,24-17-10-6-11-18-24)25-19-12-7-13-20-25;2*1-2/h3-22H,2H2,1H3;2*1-2H3/b14-3-,29-26?;;. The summed E-state index contributed by atoms with van der Waals surface area (Å²) in [5, 5.41) is 0. The van der Waals surface area contributed by atoms with Crippen LogP contribution in [0.1, 0.15) is 57.0 Å². The first-order valence-electron chi connectivity index (χ1n) is 12.3. The molecule has 0 saturated heterocycles. The molecule has 3 aromatic carbocycles. The Kier molecular flexibility index (Phi) is 11.2. The van der Waals surface area contributed by atoms with Crippen LogP contribution < -0.4 is 0 Å². The molecule has 0 fully saturated rings. The molecule has 0 N–H and O–H groups in total. The van der Waals surface area contributed by atoms with Crippen LogP contribution in [0.4, 0.5) is 0 Å². The second-order valence-corrected chi connectivity index (χ2v) is 7.17. The summed E-state index contributed by atoms with van der Waals surface area (Å²) in [6.07, 6.45) is 9.41. The van der Waals surface area contributed by atoms with Crippen LogP contribution in [0.3, 0.4) is 0 Å². The maximum absolute atomic E-state index is 4.73. The van der Waals surface area contributed by atoms with Gasteiger partial charge in [0, 0.05) is 12.4 Å². The molecule has 0 spiro atoms. The molecule has 0 radical (unpaired) electrons. The molecule has 0 aliphatic heterocycles. The molecule has 0 unspecified atom stereocenters. The molecule has 35 heavy (non-hydrogen) atoms. The Hall–Kier alpha value is -3.98. The number of benzene rings is 3. The third-order valence-electron chi connectivity index (χ3n) is 5.36. The lowest BCUT2D eigenvalue weighted by atomic mass is 9.77. The van der Waals surface area contributed by atoms with E-state index in [4.69, 9.17) is 4.98 Å². The predicted molar refractivity (Wildman–Crippen MR) is 151 cm³/mol. The van der Waals surface area contributed by atoms with Crippen LogP contribution in [0.2, 0.25) is 0 Å². The van der Waals surface area contributed by atoms with Gasteiger partial charge >= 0.3 is 0 Å². The highest BCUT2D eigenvalue weighted by Gasteiger charge is 2.38. The van der Waals surface area contributed by atoms with Gasteiger partial charge in [0.1, 0.15) is 11.2 Å². The summed E-state index contributed by atoms with van der Waals surface area (Å²) in [6.45, 7) is 13.7. The van der Waals surface area contributed by atoms with Gasteiger partial charge in [-0.25, -0.2) is 4.98 Å². The van der Waals surface area contributed by atoms with Crippen LogP contribution in [0.5, 0.6) is 0 Å². The van der Waals surface area contributed by atoms with Crippen LogP contribution in [0.15, 0.2) is 133 Å². The number of hydrogen-bond acceptors (Lipinski definition) is 2. The molecule has 3 heteroatoms. The first-order valence-corrected chi connectivity index (χ1v) is 12.3. The van der Waals surface area contributed by atoms with E-state index in [1.54, 1.807) is 6.20 Å². The molecule has 0 saturated carbocycles. The van der Waals surface area contributed by atoms with Gasteiger partial charge in [0.25, 0.3) is 0 Å². The van der Waals surface area contributed by atoms with Gasteiger partial charge in [0.05, 0.1) is 12.0 Å². The summed E-state index contributed by atoms with van der Waals surface area (Å²) in [5.74, 6) is 0. The molecule has 0 bridgehead atoms. The summed E-state index contributed by atoms with van der Waals surface area (Å²) in [6, 6.07) is 31.7. The number of imidazole rings is 1. The Labute approximate surface area is 211 Å². The fourth-order valence-corrected chi connectivity index (χ4v) is 4.07. The Morgan fingerprint density at radius 3 is 1.57 bits per heavy atom. The molecule has 0 aliphatic carbocycles. The quantitative estimate of drug-likeness (QED) is 0.200. The third kappa shape index (κ3) is 5.93. The Morgan fingerprint density at radius 1 is 0.771 bits per heavy atom. The van der Waals surface area contributed by atoms with Crippen LogP contribution in [-0.4, -0.2) is 15.3 Å². The maximum atomic E-state index is 4.73. The van der Waals surface area contributed by atoms with Gasteiger partial charge in [-0.15, -0.1) is 0 Å². The SMILES string of the molecule is C=CN=C(/C=C\C)c1cn(C(c2ccccc2)(c2ccccc2)c2ccccc2)cn1.CC.CC. The maximum Gasteiger partial charge on any atom is 0.121 e. The van der Waals surface area contributed by atoms with E-state index in [1.165, 1.54) is 0 Å². The summed E-state index contributed by atoms with van der Waals surface area (Å²) < 4.78 is 2.18. The van der Waals surface area contributed by atoms with E-state index < -0.39 is 5.54 Å². The van der Waals surface area contributed by atoms with Crippen molar-refractivity contribution in [2.75, 3.05) is 0 Å². The van der Waals surface area contributed by atoms with Gasteiger partial charge in [-0.3, -0.25) is 4.99 Å². The lowest BCUT2D eigenvalue weighted by Crippen LogP contribution is -2.37. The van der Waals surface area contributed by atoms with Crippen LogP contribution in [0.25, 0.3) is 0 Å².